The summed E-state index contributed by atoms with van der Waals surface area (Å²) < 4.78 is 1.06. The summed E-state index contributed by atoms with van der Waals surface area (Å²) in [5, 5.41) is 3.33. The molecule has 3 nitrogen and oxygen atoms in total. The Kier molecular flexibility index (Phi) is 4.50. The second-order valence-corrected chi connectivity index (χ2v) is 5.55. The highest BCUT2D eigenvalue weighted by atomic mass is 79.9. The van der Waals surface area contributed by atoms with Gasteiger partial charge in [0.25, 0.3) is 0 Å². The molecule has 2 rings (SSSR count). The molecule has 0 bridgehead atoms. The Hall–Kier alpha value is -1.46. The highest BCUT2D eigenvalue weighted by molar-refractivity contribution is 9.10. The van der Waals surface area contributed by atoms with E-state index < -0.39 is 0 Å². The second kappa shape index (κ2) is 6.12. The first-order chi connectivity index (χ1) is 9.06. The molecular weight excluding hydrogens is 322 g/mol. The topological polar surface area (TPSA) is 50.9 Å². The first-order valence-corrected chi connectivity index (χ1v) is 7.05. The highest BCUT2D eigenvalue weighted by Crippen LogP contribution is 2.21. The zero-order valence-corrected chi connectivity index (χ0v) is 12.8. The molecule has 0 radical (unpaired) electrons. The predicted octanol–water partition coefficient (Wildman–Crippen LogP) is 3.65. The van der Waals surface area contributed by atoms with Crippen LogP contribution in [0, 0.1) is 0 Å². The number of pyridine rings is 1. The fraction of sp³-hybridized carbons (Fsp3) is 0.143. The molecule has 1 atom stereocenters. The maximum atomic E-state index is 5.58. The third kappa shape index (κ3) is 3.75. The van der Waals surface area contributed by atoms with E-state index in [9.17, 15) is 0 Å². The van der Waals surface area contributed by atoms with Crippen LogP contribution in [-0.2, 0) is 0 Å². The molecule has 98 valence electrons. The van der Waals surface area contributed by atoms with Crippen molar-refractivity contribution in [1.82, 2.24) is 4.98 Å². The van der Waals surface area contributed by atoms with Gasteiger partial charge in [0.1, 0.15) is 10.8 Å². The molecule has 1 heterocycles. The summed E-state index contributed by atoms with van der Waals surface area (Å²) in [7, 11) is 0. The molecule has 2 aromatic rings. The molecule has 0 amide bonds. The van der Waals surface area contributed by atoms with Gasteiger partial charge in [-0.2, -0.15) is 0 Å². The Balaban J connectivity index is 2.17. The van der Waals surface area contributed by atoms with Gasteiger partial charge < -0.3 is 11.1 Å². The number of nitrogens with one attached hydrogen (secondary N) is 1. The minimum absolute atomic E-state index is 0.145. The van der Waals surface area contributed by atoms with Crippen molar-refractivity contribution in [3.05, 3.63) is 58.2 Å². The Bertz CT molecular complexity index is 601. The lowest BCUT2D eigenvalue weighted by molar-refractivity contribution is 0.873. The van der Waals surface area contributed by atoms with Crippen LogP contribution in [0.5, 0.6) is 0 Å². The number of aromatic nitrogens is 1. The van der Waals surface area contributed by atoms with E-state index in [0.29, 0.717) is 10.7 Å². The number of halogens is 1. The average Bonchev–Trinajstić information content (AvgIpc) is 2.39. The van der Waals surface area contributed by atoms with Crippen LogP contribution in [0.3, 0.4) is 0 Å². The predicted molar refractivity (Wildman–Crippen MR) is 86.3 cm³/mol. The summed E-state index contributed by atoms with van der Waals surface area (Å²) >= 11 is 8.40. The first-order valence-electron chi connectivity index (χ1n) is 5.85. The number of nitrogens with zero attached hydrogens (tertiary/aromatic N) is 1. The lowest BCUT2D eigenvalue weighted by atomic mass is 10.1. The van der Waals surface area contributed by atoms with Gasteiger partial charge in [-0.05, 0) is 36.8 Å². The van der Waals surface area contributed by atoms with Crippen LogP contribution in [0.2, 0.25) is 0 Å². The third-order valence-electron chi connectivity index (χ3n) is 2.71. The Labute approximate surface area is 126 Å². The van der Waals surface area contributed by atoms with Crippen LogP contribution in [0.1, 0.15) is 24.2 Å². The minimum atomic E-state index is 0.145. The molecule has 3 N–H and O–H groups in total. The van der Waals surface area contributed by atoms with Crippen LogP contribution in [0.25, 0.3) is 0 Å². The van der Waals surface area contributed by atoms with Gasteiger partial charge in [-0.25, -0.2) is 4.98 Å². The molecule has 5 heteroatoms. The van der Waals surface area contributed by atoms with Crippen molar-refractivity contribution in [3.63, 3.8) is 0 Å². The molecule has 1 aromatic carbocycles. The molecule has 0 spiro atoms. The van der Waals surface area contributed by atoms with E-state index in [1.54, 1.807) is 6.07 Å². The van der Waals surface area contributed by atoms with Gasteiger partial charge in [-0.15, -0.1) is 0 Å². The van der Waals surface area contributed by atoms with Crippen LogP contribution in [0.4, 0.5) is 5.82 Å². The van der Waals surface area contributed by atoms with E-state index in [2.05, 4.69) is 45.3 Å². The van der Waals surface area contributed by atoms with E-state index in [1.165, 1.54) is 5.56 Å². The number of benzene rings is 1. The molecule has 1 aromatic heterocycles. The monoisotopic (exact) mass is 335 g/mol. The first kappa shape index (κ1) is 14.0. The second-order valence-electron chi connectivity index (χ2n) is 4.19. The van der Waals surface area contributed by atoms with E-state index in [4.69, 9.17) is 18.0 Å². The Morgan fingerprint density at radius 2 is 2.05 bits per heavy atom. The smallest absolute Gasteiger partial charge is 0.127 e. The maximum absolute atomic E-state index is 5.58. The van der Waals surface area contributed by atoms with Gasteiger partial charge in [-0.3, -0.25) is 0 Å². The zero-order chi connectivity index (χ0) is 13.8. The number of hydrogen-bond donors (Lipinski definition) is 2. The molecule has 0 saturated heterocycles. The van der Waals surface area contributed by atoms with Crippen molar-refractivity contribution in [2.45, 2.75) is 13.0 Å². The normalized spacial score (nSPS) is 11.9. The quantitative estimate of drug-likeness (QED) is 0.837. The van der Waals surface area contributed by atoms with Crippen molar-refractivity contribution in [2.24, 2.45) is 5.73 Å². The summed E-state index contributed by atoms with van der Waals surface area (Å²) in [6.45, 7) is 2.08. The van der Waals surface area contributed by atoms with Crippen molar-refractivity contribution in [2.75, 3.05) is 5.32 Å². The molecular formula is C14H14BrN3S. The number of rotatable bonds is 4. The van der Waals surface area contributed by atoms with Crippen molar-refractivity contribution >= 4 is 39.0 Å². The zero-order valence-electron chi connectivity index (χ0n) is 10.4. The highest BCUT2D eigenvalue weighted by Gasteiger charge is 2.07. The summed E-state index contributed by atoms with van der Waals surface area (Å²) in [6, 6.07) is 13.9. The molecule has 0 aliphatic rings. The van der Waals surface area contributed by atoms with Gasteiger partial charge in [0.2, 0.25) is 0 Å². The molecule has 0 aliphatic carbocycles. The third-order valence-corrected chi connectivity index (χ3v) is 3.42. The number of thiocarbonyl (C=S) groups is 1. The summed E-state index contributed by atoms with van der Waals surface area (Å²) in [5.74, 6) is 0.762. The number of nitrogens with two attached hydrogens (primary N) is 1. The standard InChI is InChI=1S/C14H14BrN3S/c1-9(10-4-2-5-11(15)8-10)17-13-7-3-6-12(18-13)14(16)19/h2-9H,1H3,(H2,16,19)(H,17,18). The van der Waals surface area contributed by atoms with Crippen molar-refractivity contribution in [3.8, 4) is 0 Å². The fourth-order valence-electron chi connectivity index (χ4n) is 1.73. The van der Waals surface area contributed by atoms with Crippen LogP contribution in [-0.4, -0.2) is 9.97 Å². The summed E-state index contributed by atoms with van der Waals surface area (Å²) in [4.78, 5) is 4.68. The fourth-order valence-corrected chi connectivity index (χ4v) is 2.26. The lowest BCUT2D eigenvalue weighted by Crippen LogP contribution is -2.14. The van der Waals surface area contributed by atoms with E-state index in [1.807, 2.05) is 24.3 Å². The van der Waals surface area contributed by atoms with Crippen molar-refractivity contribution < 1.29 is 0 Å². The van der Waals surface area contributed by atoms with Gasteiger partial charge in [0.15, 0.2) is 0 Å². The van der Waals surface area contributed by atoms with Crippen LogP contribution >= 0.6 is 28.1 Å². The van der Waals surface area contributed by atoms with Gasteiger partial charge in [-0.1, -0.05) is 46.3 Å². The lowest BCUT2D eigenvalue weighted by Gasteiger charge is -2.15. The van der Waals surface area contributed by atoms with E-state index in [-0.39, 0.29) is 6.04 Å². The van der Waals surface area contributed by atoms with Gasteiger partial charge >= 0.3 is 0 Å². The van der Waals surface area contributed by atoms with Gasteiger partial charge in [0, 0.05) is 10.5 Å². The molecule has 0 fully saturated rings. The average molecular weight is 336 g/mol. The van der Waals surface area contributed by atoms with E-state index >= 15 is 0 Å². The number of hydrogen-bond acceptors (Lipinski definition) is 3. The van der Waals surface area contributed by atoms with Crippen LogP contribution < -0.4 is 11.1 Å². The van der Waals surface area contributed by atoms with Crippen LogP contribution in [0.15, 0.2) is 46.9 Å². The van der Waals surface area contributed by atoms with Crippen molar-refractivity contribution in [1.29, 1.82) is 0 Å². The summed E-state index contributed by atoms with van der Waals surface area (Å²) in [6.07, 6.45) is 0. The SMILES string of the molecule is CC(Nc1cccc(C(N)=S)n1)c1cccc(Br)c1. The minimum Gasteiger partial charge on any atom is -0.388 e. The Morgan fingerprint density at radius 3 is 2.74 bits per heavy atom. The maximum Gasteiger partial charge on any atom is 0.127 e. The Morgan fingerprint density at radius 1 is 1.32 bits per heavy atom. The molecule has 19 heavy (non-hydrogen) atoms. The molecule has 1 unspecified atom stereocenters. The largest absolute Gasteiger partial charge is 0.388 e. The summed E-state index contributed by atoms with van der Waals surface area (Å²) in [5.41, 5.74) is 7.38. The van der Waals surface area contributed by atoms with Gasteiger partial charge in [0.05, 0.1) is 5.69 Å². The molecule has 0 aliphatic heterocycles. The number of anilines is 1. The van der Waals surface area contributed by atoms with E-state index in [0.717, 1.165) is 10.3 Å². The molecule has 0 saturated carbocycles.